The maximum absolute atomic E-state index is 11.3. The highest BCUT2D eigenvalue weighted by Gasteiger charge is 2.37. The number of rotatable bonds is 1. The Morgan fingerprint density at radius 3 is 2.56 bits per heavy atom. The minimum atomic E-state index is -0.168. The van der Waals surface area contributed by atoms with Gasteiger partial charge in [-0.1, -0.05) is 26.0 Å². The number of hydrogen-bond donors (Lipinski definition) is 0. The number of carbonyl (C=O) groups excluding carboxylic acids is 1. The molecule has 3 rings (SSSR count). The van der Waals surface area contributed by atoms with Gasteiger partial charge in [-0.2, -0.15) is 0 Å². The van der Waals surface area contributed by atoms with Crippen LogP contribution in [0.1, 0.15) is 40.0 Å². The average molecular weight is 244 g/mol. The molecule has 0 aromatic carbocycles. The predicted molar refractivity (Wildman–Crippen MR) is 70.9 cm³/mol. The summed E-state index contributed by atoms with van der Waals surface area (Å²) >= 11 is 0. The standard InChI is InChI=1S/C16H20O2/c1-9-6-12-4-5-13-8-10(2)16(18-11(3)17)14(7-9)15(12)13/h6,8-10,16H,4-5,7H2,1-3H3. The van der Waals surface area contributed by atoms with Gasteiger partial charge in [0.15, 0.2) is 0 Å². The van der Waals surface area contributed by atoms with Crippen LogP contribution in [0.4, 0.5) is 0 Å². The second kappa shape index (κ2) is 4.11. The van der Waals surface area contributed by atoms with Crippen molar-refractivity contribution in [2.75, 3.05) is 0 Å². The van der Waals surface area contributed by atoms with Gasteiger partial charge in [0.25, 0.3) is 0 Å². The summed E-state index contributed by atoms with van der Waals surface area (Å²) < 4.78 is 5.58. The highest BCUT2D eigenvalue weighted by Crippen LogP contribution is 2.48. The van der Waals surface area contributed by atoms with E-state index in [1.54, 1.807) is 0 Å². The summed E-state index contributed by atoms with van der Waals surface area (Å²) in [6, 6.07) is 0. The highest BCUT2D eigenvalue weighted by atomic mass is 16.5. The zero-order valence-electron chi connectivity index (χ0n) is 11.3. The molecule has 18 heavy (non-hydrogen) atoms. The van der Waals surface area contributed by atoms with Gasteiger partial charge in [0.1, 0.15) is 6.10 Å². The van der Waals surface area contributed by atoms with Crippen molar-refractivity contribution in [1.29, 1.82) is 0 Å². The van der Waals surface area contributed by atoms with Crippen molar-refractivity contribution in [1.82, 2.24) is 0 Å². The van der Waals surface area contributed by atoms with Crippen molar-refractivity contribution >= 4 is 5.97 Å². The number of esters is 1. The first kappa shape index (κ1) is 11.8. The third-order valence-corrected chi connectivity index (χ3v) is 4.23. The molecule has 2 nitrogen and oxygen atoms in total. The van der Waals surface area contributed by atoms with E-state index in [2.05, 4.69) is 26.0 Å². The highest BCUT2D eigenvalue weighted by molar-refractivity contribution is 5.68. The Balaban J connectivity index is 2.05. The third-order valence-electron chi connectivity index (χ3n) is 4.23. The fraction of sp³-hybridized carbons (Fsp3) is 0.562. The molecule has 3 aliphatic rings. The minimum absolute atomic E-state index is 0.0366. The number of allylic oxidation sites excluding steroid dienone is 4. The Hall–Kier alpha value is -1.31. The van der Waals surface area contributed by atoms with Crippen molar-refractivity contribution in [2.24, 2.45) is 11.8 Å². The van der Waals surface area contributed by atoms with E-state index >= 15 is 0 Å². The second-order valence-electron chi connectivity index (χ2n) is 5.85. The van der Waals surface area contributed by atoms with Crippen molar-refractivity contribution < 1.29 is 9.53 Å². The quantitative estimate of drug-likeness (QED) is 0.659. The lowest BCUT2D eigenvalue weighted by molar-refractivity contribution is -0.146. The normalized spacial score (nSPS) is 33.8. The van der Waals surface area contributed by atoms with E-state index in [1.807, 2.05) is 0 Å². The Labute approximate surface area is 108 Å². The summed E-state index contributed by atoms with van der Waals surface area (Å²) in [7, 11) is 0. The van der Waals surface area contributed by atoms with Crippen LogP contribution in [0.3, 0.4) is 0 Å². The van der Waals surface area contributed by atoms with E-state index in [1.165, 1.54) is 29.2 Å². The first-order chi connectivity index (χ1) is 8.56. The summed E-state index contributed by atoms with van der Waals surface area (Å²) in [4.78, 5) is 11.3. The molecule has 0 bridgehead atoms. The smallest absolute Gasteiger partial charge is 0.303 e. The molecule has 2 heteroatoms. The summed E-state index contributed by atoms with van der Waals surface area (Å²) in [6.45, 7) is 5.92. The Kier molecular flexibility index (Phi) is 2.69. The van der Waals surface area contributed by atoms with E-state index in [9.17, 15) is 4.79 Å². The zero-order valence-corrected chi connectivity index (χ0v) is 11.3. The van der Waals surface area contributed by atoms with E-state index in [4.69, 9.17) is 4.74 Å². The molecular weight excluding hydrogens is 224 g/mol. The van der Waals surface area contributed by atoms with Crippen molar-refractivity contribution in [3.05, 3.63) is 34.4 Å². The topological polar surface area (TPSA) is 26.3 Å². The van der Waals surface area contributed by atoms with Gasteiger partial charge in [0.05, 0.1) is 0 Å². The van der Waals surface area contributed by atoms with E-state index in [-0.39, 0.29) is 12.1 Å². The first-order valence-electron chi connectivity index (χ1n) is 6.88. The van der Waals surface area contributed by atoms with Gasteiger partial charge >= 0.3 is 5.97 Å². The Bertz CT molecular complexity index is 485. The molecule has 3 atom stereocenters. The molecule has 0 radical (unpaired) electrons. The van der Waals surface area contributed by atoms with Crippen LogP contribution in [0.2, 0.25) is 0 Å². The molecular formula is C16H20O2. The van der Waals surface area contributed by atoms with Crippen LogP contribution in [0.25, 0.3) is 0 Å². The molecule has 3 aliphatic carbocycles. The van der Waals surface area contributed by atoms with Gasteiger partial charge in [-0.25, -0.2) is 0 Å². The van der Waals surface area contributed by atoms with Crippen LogP contribution < -0.4 is 0 Å². The minimum Gasteiger partial charge on any atom is -0.457 e. The molecule has 1 fully saturated rings. The monoisotopic (exact) mass is 244 g/mol. The van der Waals surface area contributed by atoms with E-state index in [0.717, 1.165) is 19.3 Å². The van der Waals surface area contributed by atoms with Crippen LogP contribution in [0.5, 0.6) is 0 Å². The average Bonchev–Trinajstić information content (AvgIpc) is 2.67. The molecule has 0 aliphatic heterocycles. The number of hydrogen-bond acceptors (Lipinski definition) is 2. The summed E-state index contributed by atoms with van der Waals surface area (Å²) in [5.74, 6) is 0.715. The van der Waals surface area contributed by atoms with Gasteiger partial charge in [-0.15, -0.1) is 0 Å². The van der Waals surface area contributed by atoms with Gasteiger partial charge in [0, 0.05) is 12.8 Å². The summed E-state index contributed by atoms with van der Waals surface area (Å²) in [5, 5.41) is 0. The zero-order chi connectivity index (χ0) is 12.9. The largest absolute Gasteiger partial charge is 0.457 e. The molecule has 1 saturated carbocycles. The summed E-state index contributed by atoms with van der Waals surface area (Å²) in [5.41, 5.74) is 5.77. The molecule has 0 aromatic heterocycles. The molecule has 96 valence electrons. The first-order valence-corrected chi connectivity index (χ1v) is 6.88. The second-order valence-corrected chi connectivity index (χ2v) is 5.85. The molecule has 3 unspecified atom stereocenters. The lowest BCUT2D eigenvalue weighted by atomic mass is 9.76. The van der Waals surface area contributed by atoms with Crippen LogP contribution in [-0.4, -0.2) is 12.1 Å². The molecule has 0 saturated heterocycles. The van der Waals surface area contributed by atoms with Gasteiger partial charge in [-0.3, -0.25) is 4.79 Å². The predicted octanol–water partition coefficient (Wildman–Crippen LogP) is 3.55. The van der Waals surface area contributed by atoms with Crippen LogP contribution >= 0.6 is 0 Å². The van der Waals surface area contributed by atoms with Crippen molar-refractivity contribution in [3.8, 4) is 0 Å². The number of carbonyl (C=O) groups is 1. The van der Waals surface area contributed by atoms with Gasteiger partial charge < -0.3 is 4.74 Å². The maximum Gasteiger partial charge on any atom is 0.303 e. The summed E-state index contributed by atoms with van der Waals surface area (Å²) in [6.07, 6.45) is 8.04. The Morgan fingerprint density at radius 2 is 1.89 bits per heavy atom. The van der Waals surface area contributed by atoms with E-state index in [0.29, 0.717) is 11.8 Å². The SMILES string of the molecule is CC(=O)OC1C2=C3C(=CC(C)C2)CCC3=CC1C. The van der Waals surface area contributed by atoms with Crippen molar-refractivity contribution in [3.63, 3.8) is 0 Å². The molecule has 0 aromatic rings. The van der Waals surface area contributed by atoms with E-state index < -0.39 is 0 Å². The molecule has 0 spiro atoms. The van der Waals surface area contributed by atoms with Crippen LogP contribution in [0.15, 0.2) is 34.4 Å². The van der Waals surface area contributed by atoms with Gasteiger partial charge in [-0.05, 0) is 47.5 Å². The number of ether oxygens (including phenoxy) is 1. The van der Waals surface area contributed by atoms with Gasteiger partial charge in [0.2, 0.25) is 0 Å². The Morgan fingerprint density at radius 1 is 1.22 bits per heavy atom. The van der Waals surface area contributed by atoms with Crippen LogP contribution in [-0.2, 0) is 9.53 Å². The lowest BCUT2D eigenvalue weighted by Crippen LogP contribution is -2.31. The maximum atomic E-state index is 11.3. The fourth-order valence-corrected chi connectivity index (χ4v) is 3.66. The fourth-order valence-electron chi connectivity index (χ4n) is 3.66. The molecule has 0 heterocycles. The van der Waals surface area contributed by atoms with Crippen LogP contribution in [0, 0.1) is 11.8 Å². The molecule has 0 N–H and O–H groups in total. The van der Waals surface area contributed by atoms with Crippen molar-refractivity contribution in [2.45, 2.75) is 46.1 Å². The lowest BCUT2D eigenvalue weighted by Gasteiger charge is -2.34. The third kappa shape index (κ3) is 1.75. The molecule has 0 amide bonds.